The lowest BCUT2D eigenvalue weighted by atomic mass is 9.72. The average Bonchev–Trinajstić information content (AvgIpc) is 2.90. The quantitative estimate of drug-likeness (QED) is 0.425. The predicted molar refractivity (Wildman–Crippen MR) is 166 cm³/mol. The lowest BCUT2D eigenvalue weighted by Gasteiger charge is -2.42. The van der Waals surface area contributed by atoms with E-state index in [2.05, 4.69) is 127 Å². The first-order chi connectivity index (χ1) is 18.2. The van der Waals surface area contributed by atoms with Crippen LogP contribution >= 0.6 is 0 Å². The van der Waals surface area contributed by atoms with E-state index in [0.29, 0.717) is 17.8 Å². The molecule has 198 valence electrons. The van der Waals surface area contributed by atoms with Crippen LogP contribution < -0.4 is 10.6 Å². The number of anilines is 1. The zero-order valence-electron chi connectivity index (χ0n) is 24.3. The molecule has 2 N–H and O–H groups in total. The third kappa shape index (κ3) is 5.23. The molecule has 2 aromatic rings. The molecule has 4 rings (SSSR count). The van der Waals surface area contributed by atoms with Gasteiger partial charge in [0.1, 0.15) is 0 Å². The molecule has 38 heavy (non-hydrogen) atoms. The predicted octanol–water partition coefficient (Wildman–Crippen LogP) is 9.19. The number of rotatable bonds is 6. The fraction of sp³-hybridized carbons (Fsp3) is 0.333. The monoisotopic (exact) mass is 504 g/mol. The minimum Gasteiger partial charge on any atom is -0.403 e. The Labute approximate surface area is 230 Å². The minimum atomic E-state index is 0.343. The van der Waals surface area contributed by atoms with Gasteiger partial charge in [-0.05, 0) is 95.6 Å². The van der Waals surface area contributed by atoms with Gasteiger partial charge in [-0.3, -0.25) is 0 Å². The molecule has 0 spiro atoms. The Hall–Kier alpha value is -3.52. The Bertz CT molecular complexity index is 1360. The lowest BCUT2D eigenvalue weighted by molar-refractivity contribution is 0.443. The van der Waals surface area contributed by atoms with Crippen LogP contribution in [0.4, 0.5) is 5.69 Å². The second kappa shape index (κ2) is 11.5. The number of aryl methyl sites for hydroxylation is 2. The first-order valence-corrected chi connectivity index (χ1v) is 14.0. The Kier molecular flexibility index (Phi) is 8.31. The van der Waals surface area contributed by atoms with Crippen molar-refractivity contribution >= 4 is 11.3 Å². The number of nitrogens with two attached hydrogens (primary N) is 1. The van der Waals surface area contributed by atoms with Crippen molar-refractivity contribution in [1.82, 2.24) is 0 Å². The van der Waals surface area contributed by atoms with Crippen LogP contribution in [0.5, 0.6) is 0 Å². The molecule has 1 atom stereocenters. The highest BCUT2D eigenvalue weighted by Gasteiger charge is 2.35. The van der Waals surface area contributed by atoms with Crippen molar-refractivity contribution in [3.63, 3.8) is 0 Å². The Morgan fingerprint density at radius 3 is 2.34 bits per heavy atom. The smallest absolute Gasteiger partial charge is 0.0654 e. The van der Waals surface area contributed by atoms with Gasteiger partial charge in [0.2, 0.25) is 0 Å². The van der Waals surface area contributed by atoms with Crippen LogP contribution in [0.1, 0.15) is 63.3 Å². The molecule has 2 heteroatoms. The van der Waals surface area contributed by atoms with Crippen LogP contribution in [-0.4, -0.2) is 0 Å². The molecule has 0 radical (unpaired) electrons. The minimum absolute atomic E-state index is 0.343. The summed E-state index contributed by atoms with van der Waals surface area (Å²) in [4.78, 5) is 2.34. The van der Waals surface area contributed by atoms with Crippen molar-refractivity contribution < 1.29 is 0 Å². The van der Waals surface area contributed by atoms with E-state index in [-0.39, 0.29) is 0 Å². The topological polar surface area (TPSA) is 29.3 Å². The molecule has 0 fully saturated rings. The summed E-state index contributed by atoms with van der Waals surface area (Å²) in [7, 11) is 0. The molecule has 0 amide bonds. The summed E-state index contributed by atoms with van der Waals surface area (Å²) in [5.74, 6) is 1.15. The SMILES string of the molecule is C=C1/C(=C/C=C\C)Cc2cc(C)c(C)cc2N1/C(=C\N)C1=C(C(C)C)C=C(c2ccccc2)CC1C(C)C. The standard InChI is InChI=1S/C36H44N2/c1-9-10-14-29-19-31-17-25(6)26(7)18-34(31)38(27(29)8)35(22-37)36-32(23(2)3)20-30(21-33(36)24(4)5)28-15-12-11-13-16-28/h9-18,20,22-24,33H,8,19,21,37H2,1-7H3/b10-9-,29-14+,35-22-. The Morgan fingerprint density at radius 2 is 1.74 bits per heavy atom. The largest absolute Gasteiger partial charge is 0.403 e. The summed E-state index contributed by atoms with van der Waals surface area (Å²) >= 11 is 0. The highest BCUT2D eigenvalue weighted by Crippen LogP contribution is 2.48. The number of hydrogen-bond acceptors (Lipinski definition) is 2. The van der Waals surface area contributed by atoms with Crippen molar-refractivity contribution in [2.45, 2.75) is 61.3 Å². The molecule has 0 bridgehead atoms. The summed E-state index contributed by atoms with van der Waals surface area (Å²) in [6.45, 7) is 20.4. The molecule has 0 saturated heterocycles. The molecular formula is C36H44N2. The number of allylic oxidation sites excluding steroid dienone is 8. The van der Waals surface area contributed by atoms with E-state index in [1.54, 1.807) is 0 Å². The van der Waals surface area contributed by atoms with Gasteiger partial charge in [0.15, 0.2) is 0 Å². The molecule has 1 aliphatic carbocycles. The third-order valence-corrected chi connectivity index (χ3v) is 8.14. The van der Waals surface area contributed by atoms with Gasteiger partial charge in [-0.15, -0.1) is 0 Å². The number of fused-ring (bicyclic) bond motifs is 1. The Morgan fingerprint density at radius 1 is 1.05 bits per heavy atom. The number of benzene rings is 2. The fourth-order valence-electron chi connectivity index (χ4n) is 5.85. The summed E-state index contributed by atoms with van der Waals surface area (Å²) in [5, 5.41) is 0. The van der Waals surface area contributed by atoms with Gasteiger partial charge in [-0.1, -0.05) is 95.0 Å². The first-order valence-electron chi connectivity index (χ1n) is 14.0. The lowest BCUT2D eigenvalue weighted by Crippen LogP contribution is -2.33. The zero-order valence-corrected chi connectivity index (χ0v) is 24.3. The normalized spacial score (nSPS) is 19.7. The van der Waals surface area contributed by atoms with E-state index >= 15 is 0 Å². The maximum absolute atomic E-state index is 6.60. The van der Waals surface area contributed by atoms with E-state index in [1.807, 2.05) is 6.20 Å². The van der Waals surface area contributed by atoms with Gasteiger partial charge in [-0.25, -0.2) is 0 Å². The van der Waals surface area contributed by atoms with Crippen molar-refractivity contribution in [3.8, 4) is 0 Å². The molecule has 2 aromatic carbocycles. The van der Waals surface area contributed by atoms with Gasteiger partial charge < -0.3 is 10.6 Å². The van der Waals surface area contributed by atoms with E-state index < -0.39 is 0 Å². The number of hydrogen-bond donors (Lipinski definition) is 1. The van der Waals surface area contributed by atoms with Crippen LogP contribution in [0.25, 0.3) is 5.57 Å². The van der Waals surface area contributed by atoms with Crippen molar-refractivity contribution in [3.05, 3.63) is 130 Å². The zero-order chi connectivity index (χ0) is 27.6. The molecule has 2 aliphatic rings. The van der Waals surface area contributed by atoms with E-state index in [1.165, 1.54) is 50.2 Å². The average molecular weight is 505 g/mol. The van der Waals surface area contributed by atoms with Crippen molar-refractivity contribution in [1.29, 1.82) is 0 Å². The maximum Gasteiger partial charge on any atom is 0.0654 e. The molecule has 2 nitrogen and oxygen atoms in total. The maximum atomic E-state index is 6.60. The second-order valence-electron chi connectivity index (χ2n) is 11.4. The van der Waals surface area contributed by atoms with Gasteiger partial charge in [-0.2, -0.15) is 0 Å². The summed E-state index contributed by atoms with van der Waals surface area (Å²) < 4.78 is 0. The van der Waals surface area contributed by atoms with E-state index in [4.69, 9.17) is 5.73 Å². The van der Waals surface area contributed by atoms with Gasteiger partial charge in [0, 0.05) is 24.0 Å². The first kappa shape index (κ1) is 27.5. The van der Waals surface area contributed by atoms with E-state index in [9.17, 15) is 0 Å². The molecule has 1 aliphatic heterocycles. The summed E-state index contributed by atoms with van der Waals surface area (Å²) in [6.07, 6.45) is 12.5. The Balaban J connectivity index is 1.98. The van der Waals surface area contributed by atoms with Crippen LogP contribution in [0.2, 0.25) is 0 Å². The molecule has 1 heterocycles. The molecular weight excluding hydrogens is 460 g/mol. The highest BCUT2D eigenvalue weighted by atomic mass is 15.2. The summed E-state index contributed by atoms with van der Waals surface area (Å²) in [6, 6.07) is 15.5. The van der Waals surface area contributed by atoms with Gasteiger partial charge >= 0.3 is 0 Å². The van der Waals surface area contributed by atoms with Crippen LogP contribution in [0.15, 0.2) is 108 Å². The van der Waals surface area contributed by atoms with Crippen molar-refractivity contribution in [2.24, 2.45) is 23.5 Å². The number of nitrogens with zero attached hydrogens (tertiary/aromatic N) is 1. The van der Waals surface area contributed by atoms with Crippen molar-refractivity contribution in [2.75, 3.05) is 4.90 Å². The molecule has 1 unspecified atom stereocenters. The third-order valence-electron chi connectivity index (χ3n) is 8.14. The van der Waals surface area contributed by atoms with Crippen LogP contribution in [0, 0.1) is 31.6 Å². The van der Waals surface area contributed by atoms with Gasteiger partial charge in [0.05, 0.1) is 5.70 Å². The fourth-order valence-corrected chi connectivity index (χ4v) is 5.85. The van der Waals surface area contributed by atoms with Crippen LogP contribution in [0.3, 0.4) is 0 Å². The highest BCUT2D eigenvalue weighted by molar-refractivity contribution is 5.78. The van der Waals surface area contributed by atoms with Crippen LogP contribution in [-0.2, 0) is 6.42 Å². The molecule has 0 saturated carbocycles. The van der Waals surface area contributed by atoms with E-state index in [0.717, 1.165) is 24.2 Å². The van der Waals surface area contributed by atoms with Gasteiger partial charge in [0.25, 0.3) is 0 Å². The second-order valence-corrected chi connectivity index (χ2v) is 11.4. The summed E-state index contributed by atoms with van der Waals surface area (Å²) in [5.41, 5.74) is 20.5. The molecule has 0 aromatic heterocycles.